The quantitative estimate of drug-likeness (QED) is 0.497. The van der Waals surface area contributed by atoms with Crippen molar-refractivity contribution in [1.82, 2.24) is 9.80 Å². The maximum atomic E-state index is 13.3. The second-order valence-electron chi connectivity index (χ2n) is 11.8. The number of ether oxygens (including phenoxy) is 4. The lowest BCUT2D eigenvalue weighted by Gasteiger charge is -2.50. The largest absolute Gasteiger partial charge is 0.455 e. The minimum atomic E-state index is -0.367. The summed E-state index contributed by atoms with van der Waals surface area (Å²) in [4.78, 5) is 18.3. The molecule has 34 heavy (non-hydrogen) atoms. The SMILES string of the molecule is C[C@H]1CC[C@@H]2[C@H](CN3CCN(Cc4ccc5c(c4)OCO5)CC3)C(=O)O[C@@]23[C@@H]1CC[C@@]1(C)O[C@H]31. The van der Waals surface area contributed by atoms with Gasteiger partial charge in [0.25, 0.3) is 0 Å². The van der Waals surface area contributed by atoms with E-state index in [-0.39, 0.29) is 29.2 Å². The van der Waals surface area contributed by atoms with E-state index >= 15 is 0 Å². The van der Waals surface area contributed by atoms with Crippen LogP contribution in [0.2, 0.25) is 0 Å². The van der Waals surface area contributed by atoms with E-state index in [9.17, 15) is 4.79 Å². The third-order valence-electron chi connectivity index (χ3n) is 9.85. The Balaban J connectivity index is 1.01. The van der Waals surface area contributed by atoms with Crippen molar-refractivity contribution in [2.75, 3.05) is 39.5 Å². The molecule has 7 heteroatoms. The summed E-state index contributed by atoms with van der Waals surface area (Å²) in [7, 11) is 0. The summed E-state index contributed by atoms with van der Waals surface area (Å²) in [5.41, 5.74) is 0.820. The molecule has 4 aliphatic heterocycles. The van der Waals surface area contributed by atoms with Crippen LogP contribution in [0.5, 0.6) is 11.5 Å². The zero-order chi connectivity index (χ0) is 23.1. The molecule has 0 aromatic heterocycles. The maximum Gasteiger partial charge on any atom is 0.311 e. The second kappa shape index (κ2) is 7.58. The van der Waals surface area contributed by atoms with E-state index in [1.54, 1.807) is 0 Å². The number of benzene rings is 1. The molecule has 3 saturated heterocycles. The van der Waals surface area contributed by atoms with Crippen molar-refractivity contribution in [2.24, 2.45) is 23.7 Å². The highest BCUT2D eigenvalue weighted by Crippen LogP contribution is 2.66. The highest BCUT2D eigenvalue weighted by atomic mass is 16.7. The number of esters is 1. The number of hydrogen-bond acceptors (Lipinski definition) is 7. The van der Waals surface area contributed by atoms with Crippen molar-refractivity contribution in [1.29, 1.82) is 0 Å². The van der Waals surface area contributed by atoms with Crippen molar-refractivity contribution >= 4 is 5.97 Å². The minimum absolute atomic E-state index is 0.0121. The van der Waals surface area contributed by atoms with Crippen LogP contribution in [-0.2, 0) is 20.8 Å². The first kappa shape index (κ1) is 21.5. The van der Waals surface area contributed by atoms with Crippen molar-refractivity contribution in [3.63, 3.8) is 0 Å². The second-order valence-corrected chi connectivity index (χ2v) is 11.8. The lowest BCUT2D eigenvalue weighted by atomic mass is 9.55. The Morgan fingerprint density at radius 1 is 1.00 bits per heavy atom. The first-order chi connectivity index (χ1) is 16.5. The zero-order valence-electron chi connectivity index (χ0n) is 20.3. The van der Waals surface area contributed by atoms with Crippen LogP contribution in [-0.4, -0.2) is 72.6 Å². The maximum absolute atomic E-state index is 13.3. The molecule has 1 aromatic carbocycles. The lowest BCUT2D eigenvalue weighted by molar-refractivity contribution is -0.168. The fraction of sp³-hybridized carbons (Fsp3) is 0.741. The molecule has 0 N–H and O–H groups in total. The molecule has 0 amide bonds. The first-order valence-corrected chi connectivity index (χ1v) is 13.2. The minimum Gasteiger partial charge on any atom is -0.455 e. The van der Waals surface area contributed by atoms with Gasteiger partial charge in [-0.25, -0.2) is 0 Å². The highest BCUT2D eigenvalue weighted by Gasteiger charge is 2.77. The van der Waals surface area contributed by atoms with Gasteiger partial charge in [0, 0.05) is 51.1 Å². The van der Waals surface area contributed by atoms with Gasteiger partial charge in [0.15, 0.2) is 11.5 Å². The predicted molar refractivity (Wildman–Crippen MR) is 124 cm³/mol. The van der Waals surface area contributed by atoms with Crippen LogP contribution in [0.15, 0.2) is 18.2 Å². The van der Waals surface area contributed by atoms with Crippen molar-refractivity contribution in [2.45, 2.75) is 63.4 Å². The van der Waals surface area contributed by atoms with Crippen LogP contribution < -0.4 is 9.47 Å². The molecular weight excluding hydrogens is 432 g/mol. The summed E-state index contributed by atoms with van der Waals surface area (Å²) in [5.74, 6) is 3.08. The molecule has 1 aromatic rings. The average Bonchev–Trinajstić information content (AvgIpc) is 3.19. The van der Waals surface area contributed by atoms with E-state index in [1.165, 1.54) is 12.0 Å². The predicted octanol–water partition coefficient (Wildman–Crippen LogP) is 3.06. The topological polar surface area (TPSA) is 63.8 Å². The van der Waals surface area contributed by atoms with E-state index < -0.39 is 0 Å². The summed E-state index contributed by atoms with van der Waals surface area (Å²) in [5, 5.41) is 0. The number of epoxide rings is 1. The number of fused-ring (bicyclic) bond motifs is 2. The molecule has 7 nitrogen and oxygen atoms in total. The lowest BCUT2D eigenvalue weighted by Crippen LogP contribution is -2.58. The van der Waals surface area contributed by atoms with Gasteiger partial charge in [-0.15, -0.1) is 0 Å². The van der Waals surface area contributed by atoms with Crippen LogP contribution in [0.25, 0.3) is 0 Å². The number of nitrogens with zero attached hydrogens (tertiary/aromatic N) is 2. The molecule has 1 spiro atoms. The Hall–Kier alpha value is -1.83. The fourth-order valence-corrected chi connectivity index (χ4v) is 7.97. The van der Waals surface area contributed by atoms with Crippen molar-refractivity contribution in [3.8, 4) is 11.5 Å². The van der Waals surface area contributed by atoms with E-state index in [4.69, 9.17) is 18.9 Å². The molecule has 6 aliphatic rings. The van der Waals surface area contributed by atoms with E-state index in [2.05, 4.69) is 35.8 Å². The summed E-state index contributed by atoms with van der Waals surface area (Å²) in [6.45, 7) is 10.6. The molecule has 0 unspecified atom stereocenters. The highest BCUT2D eigenvalue weighted by molar-refractivity contribution is 5.77. The van der Waals surface area contributed by atoms with Gasteiger partial charge in [0.1, 0.15) is 11.7 Å². The van der Waals surface area contributed by atoms with Crippen LogP contribution in [0.1, 0.15) is 45.1 Å². The van der Waals surface area contributed by atoms with Gasteiger partial charge in [0.2, 0.25) is 6.79 Å². The van der Waals surface area contributed by atoms with Crippen LogP contribution in [0.3, 0.4) is 0 Å². The Bertz CT molecular complexity index is 993. The third-order valence-corrected chi connectivity index (χ3v) is 9.85. The Kier molecular flexibility index (Phi) is 4.78. The molecule has 7 atom stereocenters. The summed E-state index contributed by atoms with van der Waals surface area (Å²) < 4.78 is 23.6. The molecular formula is C27H36N2O5. The van der Waals surface area contributed by atoms with Crippen LogP contribution in [0.4, 0.5) is 0 Å². The van der Waals surface area contributed by atoms with Crippen LogP contribution >= 0.6 is 0 Å². The van der Waals surface area contributed by atoms with Gasteiger partial charge in [-0.2, -0.15) is 0 Å². The fourth-order valence-electron chi connectivity index (χ4n) is 7.97. The Morgan fingerprint density at radius 3 is 2.65 bits per heavy atom. The number of carbonyl (C=O) groups excluding carboxylic acids is 1. The Morgan fingerprint density at radius 2 is 1.79 bits per heavy atom. The van der Waals surface area contributed by atoms with Gasteiger partial charge >= 0.3 is 5.97 Å². The molecule has 2 saturated carbocycles. The summed E-state index contributed by atoms with van der Waals surface area (Å²) >= 11 is 0. The molecule has 0 bridgehead atoms. The monoisotopic (exact) mass is 468 g/mol. The van der Waals surface area contributed by atoms with Crippen molar-refractivity contribution in [3.05, 3.63) is 23.8 Å². The molecule has 5 fully saturated rings. The van der Waals surface area contributed by atoms with E-state index in [0.717, 1.165) is 70.0 Å². The zero-order valence-corrected chi connectivity index (χ0v) is 20.3. The normalized spacial score (nSPS) is 43.1. The summed E-state index contributed by atoms with van der Waals surface area (Å²) in [6, 6.07) is 6.24. The molecule has 4 heterocycles. The molecule has 184 valence electrons. The summed E-state index contributed by atoms with van der Waals surface area (Å²) in [6.07, 6.45) is 4.64. The van der Waals surface area contributed by atoms with Crippen LogP contribution in [0, 0.1) is 23.7 Å². The van der Waals surface area contributed by atoms with Gasteiger partial charge in [-0.3, -0.25) is 14.6 Å². The van der Waals surface area contributed by atoms with Gasteiger partial charge in [-0.1, -0.05) is 13.0 Å². The number of piperazine rings is 1. The number of hydrogen-bond donors (Lipinski definition) is 0. The van der Waals surface area contributed by atoms with Crippen molar-refractivity contribution < 1.29 is 23.7 Å². The Labute approximate surface area is 201 Å². The number of carbonyl (C=O) groups is 1. The van der Waals surface area contributed by atoms with Gasteiger partial charge < -0.3 is 18.9 Å². The molecule has 2 aliphatic carbocycles. The molecule has 0 radical (unpaired) electrons. The van der Waals surface area contributed by atoms with E-state index in [0.29, 0.717) is 24.5 Å². The smallest absolute Gasteiger partial charge is 0.311 e. The van der Waals surface area contributed by atoms with E-state index in [1.807, 2.05) is 6.07 Å². The van der Waals surface area contributed by atoms with Gasteiger partial charge in [-0.05, 0) is 56.2 Å². The van der Waals surface area contributed by atoms with Gasteiger partial charge in [0.05, 0.1) is 11.5 Å². The third kappa shape index (κ3) is 3.16. The first-order valence-electron chi connectivity index (χ1n) is 13.2. The molecule has 7 rings (SSSR count). The number of rotatable bonds is 4. The standard InChI is InChI=1S/C27H36N2O5/c1-17-3-5-21-19(24(30)33-27(21)20(17)7-8-26(2)25(27)34-26)15-29-11-9-28(10-12-29)14-18-4-6-22-23(13-18)32-16-31-22/h4,6,13,17,19-21,25H,3,5,7-12,14-16H2,1-2H3/t17-,19-,20+,21+,25-,26+,27-/m0/s1. The average molecular weight is 469 g/mol.